The molecule has 0 radical (unpaired) electrons. The zero-order chi connectivity index (χ0) is 11.7. The third-order valence-corrected chi connectivity index (χ3v) is 3.93. The van der Waals surface area contributed by atoms with E-state index in [1.54, 1.807) is 0 Å². The summed E-state index contributed by atoms with van der Waals surface area (Å²) in [5, 5.41) is 3.61. The van der Waals surface area contributed by atoms with Crippen LogP contribution < -0.4 is 5.32 Å². The Balaban J connectivity index is 1.69. The van der Waals surface area contributed by atoms with E-state index in [-0.39, 0.29) is 0 Å². The molecule has 2 fully saturated rings. The SMILES string of the molecule is CC1CN(Cc2cccnc2)C(C2CC2)CN1. The first-order valence-electron chi connectivity index (χ1n) is 6.69. The summed E-state index contributed by atoms with van der Waals surface area (Å²) in [6.07, 6.45) is 6.69. The first-order chi connectivity index (χ1) is 8.33. The lowest BCUT2D eigenvalue weighted by atomic mass is 10.0. The minimum absolute atomic E-state index is 0.613. The van der Waals surface area contributed by atoms with Crippen molar-refractivity contribution in [3.63, 3.8) is 0 Å². The number of rotatable bonds is 3. The van der Waals surface area contributed by atoms with E-state index in [9.17, 15) is 0 Å². The van der Waals surface area contributed by atoms with Crippen LogP contribution in [0.25, 0.3) is 0 Å². The monoisotopic (exact) mass is 231 g/mol. The molecule has 3 nitrogen and oxygen atoms in total. The highest BCUT2D eigenvalue weighted by atomic mass is 15.2. The summed E-state index contributed by atoms with van der Waals surface area (Å²) in [6, 6.07) is 5.57. The molecule has 1 aromatic heterocycles. The van der Waals surface area contributed by atoms with Crippen molar-refractivity contribution < 1.29 is 0 Å². The van der Waals surface area contributed by atoms with Gasteiger partial charge >= 0.3 is 0 Å². The maximum absolute atomic E-state index is 4.21. The van der Waals surface area contributed by atoms with Gasteiger partial charge in [0.2, 0.25) is 0 Å². The first-order valence-corrected chi connectivity index (χ1v) is 6.69. The number of hydrogen-bond donors (Lipinski definition) is 1. The second-order valence-electron chi connectivity index (χ2n) is 5.50. The molecule has 17 heavy (non-hydrogen) atoms. The molecule has 0 aromatic carbocycles. The van der Waals surface area contributed by atoms with Crippen LogP contribution in [-0.2, 0) is 6.54 Å². The lowest BCUT2D eigenvalue weighted by Gasteiger charge is -2.39. The highest BCUT2D eigenvalue weighted by Gasteiger charge is 2.37. The number of hydrogen-bond acceptors (Lipinski definition) is 3. The topological polar surface area (TPSA) is 28.2 Å². The van der Waals surface area contributed by atoms with Crippen LogP contribution in [0.5, 0.6) is 0 Å². The molecule has 0 amide bonds. The van der Waals surface area contributed by atoms with Gasteiger partial charge in [-0.1, -0.05) is 6.07 Å². The molecule has 2 heterocycles. The Bertz CT molecular complexity index is 361. The summed E-state index contributed by atoms with van der Waals surface area (Å²) in [5.41, 5.74) is 1.34. The van der Waals surface area contributed by atoms with Crippen molar-refractivity contribution in [2.45, 2.75) is 38.4 Å². The molecule has 1 aliphatic carbocycles. The molecule has 92 valence electrons. The van der Waals surface area contributed by atoms with Gasteiger partial charge in [0, 0.05) is 44.1 Å². The molecule has 2 unspecified atom stereocenters. The molecule has 2 aliphatic rings. The molecule has 0 spiro atoms. The van der Waals surface area contributed by atoms with Gasteiger partial charge in [-0.05, 0) is 37.3 Å². The van der Waals surface area contributed by atoms with Crippen molar-refractivity contribution in [1.82, 2.24) is 15.2 Å². The van der Waals surface area contributed by atoms with E-state index in [0.29, 0.717) is 6.04 Å². The highest BCUT2D eigenvalue weighted by Crippen LogP contribution is 2.36. The van der Waals surface area contributed by atoms with Crippen molar-refractivity contribution in [2.75, 3.05) is 13.1 Å². The van der Waals surface area contributed by atoms with Crippen molar-refractivity contribution >= 4 is 0 Å². The van der Waals surface area contributed by atoms with Crippen LogP contribution in [0.1, 0.15) is 25.3 Å². The van der Waals surface area contributed by atoms with Crippen LogP contribution in [0.3, 0.4) is 0 Å². The smallest absolute Gasteiger partial charge is 0.0312 e. The predicted octanol–water partition coefficient (Wildman–Crippen LogP) is 1.65. The Kier molecular flexibility index (Phi) is 3.12. The molecular weight excluding hydrogens is 210 g/mol. The normalized spacial score (nSPS) is 30.4. The lowest BCUT2D eigenvalue weighted by molar-refractivity contribution is 0.112. The number of pyridine rings is 1. The molecule has 0 bridgehead atoms. The fourth-order valence-electron chi connectivity index (χ4n) is 2.86. The van der Waals surface area contributed by atoms with Gasteiger partial charge in [0.1, 0.15) is 0 Å². The van der Waals surface area contributed by atoms with Gasteiger partial charge in [0.05, 0.1) is 0 Å². The van der Waals surface area contributed by atoms with Crippen molar-refractivity contribution in [3.8, 4) is 0 Å². The van der Waals surface area contributed by atoms with Crippen LogP contribution >= 0.6 is 0 Å². The van der Waals surface area contributed by atoms with Crippen LogP contribution in [0, 0.1) is 5.92 Å². The average Bonchev–Trinajstić information content (AvgIpc) is 3.15. The molecule has 2 atom stereocenters. The average molecular weight is 231 g/mol. The summed E-state index contributed by atoms with van der Waals surface area (Å²) in [6.45, 7) is 5.66. The van der Waals surface area contributed by atoms with Crippen molar-refractivity contribution in [3.05, 3.63) is 30.1 Å². The third-order valence-electron chi connectivity index (χ3n) is 3.93. The maximum Gasteiger partial charge on any atom is 0.0312 e. The fourth-order valence-corrected chi connectivity index (χ4v) is 2.86. The molecule has 1 aromatic rings. The lowest BCUT2D eigenvalue weighted by Crippen LogP contribution is -2.55. The van der Waals surface area contributed by atoms with E-state index >= 15 is 0 Å². The number of piperazine rings is 1. The van der Waals surface area contributed by atoms with Gasteiger partial charge < -0.3 is 5.32 Å². The van der Waals surface area contributed by atoms with Gasteiger partial charge in [-0.3, -0.25) is 9.88 Å². The number of nitrogens with zero attached hydrogens (tertiary/aromatic N) is 2. The first kappa shape index (κ1) is 11.2. The van der Waals surface area contributed by atoms with E-state index in [1.165, 1.54) is 18.4 Å². The van der Waals surface area contributed by atoms with E-state index in [2.05, 4.69) is 28.2 Å². The van der Waals surface area contributed by atoms with E-state index in [1.807, 2.05) is 18.5 Å². The highest BCUT2D eigenvalue weighted by molar-refractivity contribution is 5.09. The Labute approximate surface area is 103 Å². The summed E-state index contributed by atoms with van der Waals surface area (Å²) in [4.78, 5) is 6.86. The summed E-state index contributed by atoms with van der Waals surface area (Å²) >= 11 is 0. The molecule has 1 N–H and O–H groups in total. The van der Waals surface area contributed by atoms with Crippen LogP contribution in [-0.4, -0.2) is 35.1 Å². The molecule has 3 heteroatoms. The summed E-state index contributed by atoms with van der Waals surface area (Å²) in [5.74, 6) is 0.937. The minimum atomic E-state index is 0.613. The predicted molar refractivity (Wildman–Crippen MR) is 68.6 cm³/mol. The van der Waals surface area contributed by atoms with Gasteiger partial charge in [-0.15, -0.1) is 0 Å². The van der Waals surface area contributed by atoms with Gasteiger partial charge in [0.15, 0.2) is 0 Å². The van der Waals surface area contributed by atoms with Gasteiger partial charge in [-0.2, -0.15) is 0 Å². The summed E-state index contributed by atoms with van der Waals surface area (Å²) < 4.78 is 0. The molecule has 1 aliphatic heterocycles. The maximum atomic E-state index is 4.21. The molecule has 1 saturated heterocycles. The third kappa shape index (κ3) is 2.67. The van der Waals surface area contributed by atoms with E-state index < -0.39 is 0 Å². The molecule has 1 saturated carbocycles. The van der Waals surface area contributed by atoms with E-state index in [0.717, 1.165) is 31.6 Å². The Morgan fingerprint density at radius 3 is 3.06 bits per heavy atom. The van der Waals surface area contributed by atoms with Crippen LogP contribution in [0.2, 0.25) is 0 Å². The minimum Gasteiger partial charge on any atom is -0.311 e. The second kappa shape index (κ2) is 4.75. The van der Waals surface area contributed by atoms with Gasteiger partial charge in [0.25, 0.3) is 0 Å². The number of nitrogens with one attached hydrogen (secondary N) is 1. The van der Waals surface area contributed by atoms with Gasteiger partial charge in [-0.25, -0.2) is 0 Å². The Hall–Kier alpha value is -0.930. The van der Waals surface area contributed by atoms with Crippen LogP contribution in [0.4, 0.5) is 0 Å². The Morgan fingerprint density at radius 1 is 1.47 bits per heavy atom. The fraction of sp³-hybridized carbons (Fsp3) is 0.643. The molecular formula is C14H21N3. The zero-order valence-electron chi connectivity index (χ0n) is 10.5. The second-order valence-corrected chi connectivity index (χ2v) is 5.50. The standard InChI is InChI=1S/C14H21N3/c1-11-9-17(10-12-3-2-6-15-7-12)14(8-16-11)13-4-5-13/h2-3,6-7,11,13-14,16H,4-5,8-10H2,1H3. The molecule has 3 rings (SSSR count). The number of aromatic nitrogens is 1. The van der Waals surface area contributed by atoms with E-state index in [4.69, 9.17) is 0 Å². The van der Waals surface area contributed by atoms with Crippen LogP contribution in [0.15, 0.2) is 24.5 Å². The quantitative estimate of drug-likeness (QED) is 0.857. The zero-order valence-corrected chi connectivity index (χ0v) is 10.5. The van der Waals surface area contributed by atoms with Crippen molar-refractivity contribution in [2.24, 2.45) is 5.92 Å². The summed E-state index contributed by atoms with van der Waals surface area (Å²) in [7, 11) is 0. The Morgan fingerprint density at radius 2 is 2.35 bits per heavy atom. The largest absolute Gasteiger partial charge is 0.311 e. The van der Waals surface area contributed by atoms with Crippen molar-refractivity contribution in [1.29, 1.82) is 0 Å².